The molecule has 0 spiro atoms. The Morgan fingerprint density at radius 1 is 1.50 bits per heavy atom. The monoisotopic (exact) mass is 252 g/mol. The Kier molecular flexibility index (Phi) is 3.40. The first-order valence-electron chi connectivity index (χ1n) is 4.91. The molecule has 0 atom stereocenters. The predicted octanol–water partition coefficient (Wildman–Crippen LogP) is 2.54. The minimum Gasteiger partial charge on any atom is -0.397 e. The van der Waals surface area contributed by atoms with Gasteiger partial charge in [-0.25, -0.2) is 9.97 Å². The summed E-state index contributed by atoms with van der Waals surface area (Å²) in [4.78, 5) is 8.62. The first-order valence-corrected chi connectivity index (χ1v) is 6.50. The molecule has 0 bridgehead atoms. The van der Waals surface area contributed by atoms with E-state index in [2.05, 4.69) is 14.3 Å². The highest BCUT2D eigenvalue weighted by molar-refractivity contribution is 8.00. The highest BCUT2D eigenvalue weighted by Crippen LogP contribution is 2.28. The molecule has 2 aromatic rings. The molecule has 0 saturated heterocycles. The first kappa shape index (κ1) is 11.3. The summed E-state index contributed by atoms with van der Waals surface area (Å²) in [7, 11) is 0. The molecule has 2 aromatic heterocycles. The van der Waals surface area contributed by atoms with Gasteiger partial charge in [0.1, 0.15) is 10.9 Å². The van der Waals surface area contributed by atoms with Crippen LogP contribution in [0.2, 0.25) is 0 Å². The van der Waals surface area contributed by atoms with Crippen molar-refractivity contribution in [2.45, 2.75) is 29.6 Å². The number of aromatic nitrogens is 3. The SMILES string of the molecule is CCc1nsc(Sc2cc(C)c(N)cn2)n1. The number of nitrogens with two attached hydrogens (primary N) is 1. The second-order valence-electron chi connectivity index (χ2n) is 3.31. The highest BCUT2D eigenvalue weighted by atomic mass is 32.2. The Labute approximate surface area is 102 Å². The second kappa shape index (κ2) is 4.80. The largest absolute Gasteiger partial charge is 0.397 e. The van der Waals surface area contributed by atoms with Crippen LogP contribution in [0, 0.1) is 6.92 Å². The van der Waals surface area contributed by atoms with E-state index in [0.717, 1.165) is 32.9 Å². The Morgan fingerprint density at radius 2 is 2.31 bits per heavy atom. The lowest BCUT2D eigenvalue weighted by atomic mass is 10.3. The Morgan fingerprint density at radius 3 is 2.94 bits per heavy atom. The van der Waals surface area contributed by atoms with Crippen LogP contribution >= 0.6 is 23.3 Å². The minimum atomic E-state index is 0.718. The summed E-state index contributed by atoms with van der Waals surface area (Å²) in [5.41, 5.74) is 7.47. The molecule has 2 N–H and O–H groups in total. The maximum Gasteiger partial charge on any atom is 0.176 e. The third kappa shape index (κ3) is 2.51. The Balaban J connectivity index is 2.17. The van der Waals surface area contributed by atoms with E-state index in [4.69, 9.17) is 5.73 Å². The van der Waals surface area contributed by atoms with Gasteiger partial charge < -0.3 is 5.73 Å². The van der Waals surface area contributed by atoms with Crippen molar-refractivity contribution in [2.75, 3.05) is 5.73 Å². The van der Waals surface area contributed by atoms with E-state index in [1.807, 2.05) is 19.9 Å². The van der Waals surface area contributed by atoms with Crippen molar-refractivity contribution in [3.63, 3.8) is 0 Å². The van der Waals surface area contributed by atoms with Gasteiger partial charge in [-0.1, -0.05) is 6.92 Å². The molecule has 16 heavy (non-hydrogen) atoms. The lowest BCUT2D eigenvalue weighted by Gasteiger charge is -2.01. The first-order chi connectivity index (χ1) is 7.69. The molecule has 0 aromatic carbocycles. The van der Waals surface area contributed by atoms with Crippen molar-refractivity contribution < 1.29 is 0 Å². The summed E-state index contributed by atoms with van der Waals surface area (Å²) in [5.74, 6) is 0.889. The summed E-state index contributed by atoms with van der Waals surface area (Å²) < 4.78 is 5.15. The minimum absolute atomic E-state index is 0.718. The molecular weight excluding hydrogens is 240 g/mol. The number of nitrogens with zero attached hydrogens (tertiary/aromatic N) is 3. The average Bonchev–Trinajstić information content (AvgIpc) is 2.71. The fourth-order valence-electron chi connectivity index (χ4n) is 1.11. The number of anilines is 1. The van der Waals surface area contributed by atoms with Crippen molar-refractivity contribution in [1.82, 2.24) is 14.3 Å². The van der Waals surface area contributed by atoms with Gasteiger partial charge in [-0.05, 0) is 41.8 Å². The van der Waals surface area contributed by atoms with Gasteiger partial charge in [-0.2, -0.15) is 4.37 Å². The molecule has 2 rings (SSSR count). The van der Waals surface area contributed by atoms with Crippen LogP contribution in [-0.4, -0.2) is 14.3 Å². The molecule has 2 heterocycles. The standard InChI is InChI=1S/C10H12N4S2/c1-3-8-13-10(16-14-8)15-9-4-6(2)7(11)5-12-9/h4-5H,3,11H2,1-2H3. The van der Waals surface area contributed by atoms with E-state index in [0.29, 0.717) is 0 Å². The Bertz CT molecular complexity index is 495. The smallest absolute Gasteiger partial charge is 0.176 e. The van der Waals surface area contributed by atoms with Crippen LogP contribution in [-0.2, 0) is 6.42 Å². The van der Waals surface area contributed by atoms with Gasteiger partial charge in [0.25, 0.3) is 0 Å². The van der Waals surface area contributed by atoms with Crippen LogP contribution in [0.1, 0.15) is 18.3 Å². The normalized spacial score (nSPS) is 10.6. The van der Waals surface area contributed by atoms with Crippen molar-refractivity contribution in [2.24, 2.45) is 0 Å². The number of nitrogen functional groups attached to an aromatic ring is 1. The van der Waals surface area contributed by atoms with Crippen LogP contribution in [0.5, 0.6) is 0 Å². The number of hydrogen-bond donors (Lipinski definition) is 1. The zero-order chi connectivity index (χ0) is 11.5. The lowest BCUT2D eigenvalue weighted by molar-refractivity contribution is 0.970. The van der Waals surface area contributed by atoms with E-state index in [1.54, 1.807) is 6.20 Å². The number of aryl methyl sites for hydroxylation is 2. The zero-order valence-electron chi connectivity index (χ0n) is 9.10. The molecular formula is C10H12N4S2. The Hall–Kier alpha value is -1.14. The van der Waals surface area contributed by atoms with Gasteiger partial charge in [0.15, 0.2) is 4.34 Å². The van der Waals surface area contributed by atoms with E-state index in [9.17, 15) is 0 Å². The van der Waals surface area contributed by atoms with Gasteiger partial charge in [0, 0.05) is 6.42 Å². The lowest BCUT2D eigenvalue weighted by Crippen LogP contribution is -1.91. The topological polar surface area (TPSA) is 64.7 Å². The second-order valence-corrected chi connectivity index (χ2v) is 5.33. The molecule has 0 aliphatic rings. The summed E-state index contributed by atoms with van der Waals surface area (Å²) in [5, 5.41) is 0.908. The zero-order valence-corrected chi connectivity index (χ0v) is 10.7. The molecule has 0 fully saturated rings. The predicted molar refractivity (Wildman–Crippen MR) is 66.8 cm³/mol. The molecule has 0 amide bonds. The molecule has 4 nitrogen and oxygen atoms in total. The van der Waals surface area contributed by atoms with Crippen molar-refractivity contribution >= 4 is 29.0 Å². The van der Waals surface area contributed by atoms with Gasteiger partial charge in [-0.15, -0.1) is 0 Å². The average molecular weight is 252 g/mol. The third-order valence-corrected chi connectivity index (χ3v) is 3.81. The number of rotatable bonds is 3. The van der Waals surface area contributed by atoms with E-state index in [-0.39, 0.29) is 0 Å². The molecule has 0 unspecified atom stereocenters. The van der Waals surface area contributed by atoms with Gasteiger partial charge in [-0.3, -0.25) is 0 Å². The van der Waals surface area contributed by atoms with Crippen LogP contribution in [0.4, 0.5) is 5.69 Å². The molecule has 84 valence electrons. The quantitative estimate of drug-likeness (QED) is 0.909. The van der Waals surface area contributed by atoms with Crippen LogP contribution in [0.15, 0.2) is 21.6 Å². The van der Waals surface area contributed by atoms with E-state index < -0.39 is 0 Å². The van der Waals surface area contributed by atoms with E-state index >= 15 is 0 Å². The fourth-order valence-corrected chi connectivity index (χ4v) is 2.80. The maximum absolute atomic E-state index is 5.71. The van der Waals surface area contributed by atoms with Crippen LogP contribution < -0.4 is 5.73 Å². The van der Waals surface area contributed by atoms with Crippen molar-refractivity contribution in [3.05, 3.63) is 23.7 Å². The van der Waals surface area contributed by atoms with Crippen LogP contribution in [0.3, 0.4) is 0 Å². The number of hydrogen-bond acceptors (Lipinski definition) is 6. The molecule has 0 saturated carbocycles. The summed E-state index contributed by atoms with van der Waals surface area (Å²) in [6.07, 6.45) is 2.55. The molecule has 0 aliphatic carbocycles. The van der Waals surface area contributed by atoms with Gasteiger partial charge in [0.2, 0.25) is 0 Å². The maximum atomic E-state index is 5.71. The molecule has 0 radical (unpaired) electrons. The van der Waals surface area contributed by atoms with Gasteiger partial charge >= 0.3 is 0 Å². The van der Waals surface area contributed by atoms with Gasteiger partial charge in [0.05, 0.1) is 11.9 Å². The molecule has 0 aliphatic heterocycles. The van der Waals surface area contributed by atoms with Crippen molar-refractivity contribution in [3.8, 4) is 0 Å². The summed E-state index contributed by atoms with van der Waals surface area (Å²) in [6, 6.07) is 1.97. The molecule has 6 heteroatoms. The highest BCUT2D eigenvalue weighted by Gasteiger charge is 2.06. The van der Waals surface area contributed by atoms with E-state index in [1.165, 1.54) is 23.3 Å². The fraction of sp³-hybridized carbons (Fsp3) is 0.300. The summed E-state index contributed by atoms with van der Waals surface area (Å²) in [6.45, 7) is 4.01. The van der Waals surface area contributed by atoms with Crippen molar-refractivity contribution in [1.29, 1.82) is 0 Å². The summed E-state index contributed by atoms with van der Waals surface area (Å²) >= 11 is 2.93. The third-order valence-electron chi connectivity index (χ3n) is 2.08. The van der Waals surface area contributed by atoms with Crippen LogP contribution in [0.25, 0.3) is 0 Å². The number of pyridine rings is 1.